The first kappa shape index (κ1) is 10.9. The number of hydrogen-bond acceptors (Lipinski definition) is 3. The smallest absolute Gasteiger partial charge is 0.143 e. The van der Waals surface area contributed by atoms with Gasteiger partial charge in [0.25, 0.3) is 0 Å². The Kier molecular flexibility index (Phi) is 2.20. The molecule has 2 N–H and O–H groups in total. The number of aryl methyl sites for hydroxylation is 3. The second-order valence-corrected chi connectivity index (χ2v) is 4.54. The van der Waals surface area contributed by atoms with Gasteiger partial charge in [0.15, 0.2) is 0 Å². The molecule has 0 aliphatic carbocycles. The lowest BCUT2D eigenvalue weighted by Gasteiger charge is -1.97. The number of nitrogens with zero attached hydrogens (tertiary/aromatic N) is 2. The second-order valence-electron chi connectivity index (χ2n) is 4.54. The molecule has 0 saturated carbocycles. The van der Waals surface area contributed by atoms with Gasteiger partial charge in [0.2, 0.25) is 0 Å². The number of nitrogen functional groups attached to an aromatic ring is 1. The van der Waals surface area contributed by atoms with Gasteiger partial charge in [-0.25, -0.2) is 0 Å². The SMILES string of the molecule is Cc1oc2c(-c3cc(N)n(C)n3)cccc2c1C. The van der Waals surface area contributed by atoms with Crippen molar-refractivity contribution in [2.24, 2.45) is 7.05 Å². The van der Waals surface area contributed by atoms with E-state index in [0.717, 1.165) is 28.0 Å². The summed E-state index contributed by atoms with van der Waals surface area (Å²) in [6.07, 6.45) is 0. The maximum absolute atomic E-state index is 5.84. The van der Waals surface area contributed by atoms with E-state index in [1.807, 2.05) is 32.2 Å². The molecule has 1 aromatic carbocycles. The summed E-state index contributed by atoms with van der Waals surface area (Å²) in [7, 11) is 1.83. The minimum absolute atomic E-state index is 0.641. The summed E-state index contributed by atoms with van der Waals surface area (Å²) < 4.78 is 7.51. The molecule has 0 spiro atoms. The summed E-state index contributed by atoms with van der Waals surface area (Å²) in [6, 6.07) is 7.95. The highest BCUT2D eigenvalue weighted by atomic mass is 16.3. The summed E-state index contributed by atoms with van der Waals surface area (Å²) in [5.41, 5.74) is 9.71. The number of para-hydroxylation sites is 1. The van der Waals surface area contributed by atoms with E-state index in [0.29, 0.717) is 5.82 Å². The number of fused-ring (bicyclic) bond motifs is 1. The van der Waals surface area contributed by atoms with Crippen LogP contribution in [0.15, 0.2) is 28.7 Å². The van der Waals surface area contributed by atoms with E-state index in [9.17, 15) is 0 Å². The summed E-state index contributed by atoms with van der Waals surface area (Å²) in [5, 5.41) is 5.53. The van der Waals surface area contributed by atoms with Crippen molar-refractivity contribution < 1.29 is 4.42 Å². The van der Waals surface area contributed by atoms with Crippen LogP contribution in [0.1, 0.15) is 11.3 Å². The Labute approximate surface area is 105 Å². The van der Waals surface area contributed by atoms with Crippen LogP contribution in [0.2, 0.25) is 0 Å². The summed E-state index contributed by atoms with van der Waals surface area (Å²) >= 11 is 0. The number of anilines is 1. The molecule has 0 unspecified atom stereocenters. The van der Waals surface area contributed by atoms with Gasteiger partial charge >= 0.3 is 0 Å². The Morgan fingerprint density at radius 3 is 2.72 bits per heavy atom. The fourth-order valence-corrected chi connectivity index (χ4v) is 2.18. The Morgan fingerprint density at radius 2 is 2.06 bits per heavy atom. The van der Waals surface area contributed by atoms with Gasteiger partial charge in [0, 0.05) is 24.1 Å². The fourth-order valence-electron chi connectivity index (χ4n) is 2.18. The predicted octanol–water partition coefficient (Wildman–Crippen LogP) is 3.03. The summed E-state index contributed by atoms with van der Waals surface area (Å²) in [6.45, 7) is 4.05. The number of nitrogens with two attached hydrogens (primary N) is 1. The van der Waals surface area contributed by atoms with E-state index in [-0.39, 0.29) is 0 Å². The number of hydrogen-bond donors (Lipinski definition) is 1. The van der Waals surface area contributed by atoms with Crippen molar-refractivity contribution in [3.8, 4) is 11.3 Å². The Bertz CT molecular complexity index is 717. The lowest BCUT2D eigenvalue weighted by atomic mass is 10.1. The largest absolute Gasteiger partial charge is 0.460 e. The van der Waals surface area contributed by atoms with Gasteiger partial charge in [-0.1, -0.05) is 12.1 Å². The molecular formula is C14H15N3O. The third kappa shape index (κ3) is 1.42. The van der Waals surface area contributed by atoms with E-state index in [1.54, 1.807) is 4.68 Å². The molecule has 92 valence electrons. The van der Waals surface area contributed by atoms with Crippen LogP contribution in [0, 0.1) is 13.8 Å². The minimum atomic E-state index is 0.641. The predicted molar refractivity (Wildman–Crippen MR) is 72.3 cm³/mol. The fraction of sp³-hybridized carbons (Fsp3) is 0.214. The number of benzene rings is 1. The van der Waals surface area contributed by atoms with Crippen LogP contribution in [0.5, 0.6) is 0 Å². The molecule has 4 nitrogen and oxygen atoms in total. The molecule has 4 heteroatoms. The monoisotopic (exact) mass is 241 g/mol. The third-order valence-electron chi connectivity index (χ3n) is 3.39. The highest BCUT2D eigenvalue weighted by molar-refractivity contribution is 5.94. The quantitative estimate of drug-likeness (QED) is 0.712. The molecule has 0 radical (unpaired) electrons. The molecule has 0 fully saturated rings. The average molecular weight is 241 g/mol. The van der Waals surface area contributed by atoms with Crippen molar-refractivity contribution >= 4 is 16.8 Å². The van der Waals surface area contributed by atoms with Crippen molar-refractivity contribution in [1.29, 1.82) is 0 Å². The molecule has 3 rings (SSSR count). The zero-order valence-corrected chi connectivity index (χ0v) is 10.7. The zero-order chi connectivity index (χ0) is 12.9. The van der Waals surface area contributed by atoms with E-state index in [2.05, 4.69) is 18.1 Å². The molecule has 2 heterocycles. The highest BCUT2D eigenvalue weighted by Gasteiger charge is 2.14. The average Bonchev–Trinajstić information content (AvgIpc) is 2.82. The van der Waals surface area contributed by atoms with Crippen LogP contribution >= 0.6 is 0 Å². The normalized spacial score (nSPS) is 11.3. The van der Waals surface area contributed by atoms with E-state index >= 15 is 0 Å². The molecule has 18 heavy (non-hydrogen) atoms. The second kappa shape index (κ2) is 3.63. The molecule has 0 aliphatic rings. The van der Waals surface area contributed by atoms with Gasteiger partial charge in [0.05, 0.1) is 5.69 Å². The number of furan rings is 1. The molecule has 0 amide bonds. The van der Waals surface area contributed by atoms with Crippen LogP contribution in [0.3, 0.4) is 0 Å². The topological polar surface area (TPSA) is 57.0 Å². The first-order valence-electron chi connectivity index (χ1n) is 5.86. The van der Waals surface area contributed by atoms with Crippen molar-refractivity contribution in [2.75, 3.05) is 5.73 Å². The summed E-state index contributed by atoms with van der Waals surface area (Å²) in [5.74, 6) is 1.59. The molecular weight excluding hydrogens is 226 g/mol. The maximum atomic E-state index is 5.84. The number of rotatable bonds is 1. The van der Waals surface area contributed by atoms with Gasteiger partial charge in [-0.15, -0.1) is 0 Å². The minimum Gasteiger partial charge on any atom is -0.460 e. The van der Waals surface area contributed by atoms with E-state index in [1.165, 1.54) is 5.56 Å². The molecule has 0 bridgehead atoms. The van der Waals surface area contributed by atoms with Crippen LogP contribution in [0.4, 0.5) is 5.82 Å². The Morgan fingerprint density at radius 1 is 1.28 bits per heavy atom. The van der Waals surface area contributed by atoms with E-state index in [4.69, 9.17) is 10.2 Å². The standard InChI is InChI=1S/C14H15N3O/c1-8-9(2)18-14-10(8)5-4-6-11(14)12-7-13(15)17(3)16-12/h4-7H,15H2,1-3H3. The van der Waals surface area contributed by atoms with E-state index < -0.39 is 0 Å². The first-order chi connectivity index (χ1) is 8.58. The maximum Gasteiger partial charge on any atom is 0.143 e. The van der Waals surface area contributed by atoms with Gasteiger partial charge in [-0.2, -0.15) is 5.10 Å². The lowest BCUT2D eigenvalue weighted by molar-refractivity contribution is 0.575. The Balaban J connectivity index is 2.32. The van der Waals surface area contributed by atoms with Crippen molar-refractivity contribution in [3.63, 3.8) is 0 Å². The van der Waals surface area contributed by atoms with Gasteiger partial charge < -0.3 is 10.2 Å². The zero-order valence-electron chi connectivity index (χ0n) is 10.7. The summed E-state index contributed by atoms with van der Waals surface area (Å²) in [4.78, 5) is 0. The molecule has 0 aliphatic heterocycles. The number of aromatic nitrogens is 2. The van der Waals surface area contributed by atoms with Crippen molar-refractivity contribution in [3.05, 3.63) is 35.6 Å². The molecule has 0 saturated heterocycles. The van der Waals surface area contributed by atoms with Crippen molar-refractivity contribution in [2.45, 2.75) is 13.8 Å². The molecule has 3 aromatic rings. The van der Waals surface area contributed by atoms with Crippen molar-refractivity contribution in [1.82, 2.24) is 9.78 Å². The third-order valence-corrected chi connectivity index (χ3v) is 3.39. The molecule has 2 aromatic heterocycles. The van der Waals surface area contributed by atoms with Crippen LogP contribution in [0.25, 0.3) is 22.2 Å². The highest BCUT2D eigenvalue weighted by Crippen LogP contribution is 2.33. The molecule has 0 atom stereocenters. The van der Waals surface area contributed by atoms with Crippen LogP contribution in [-0.2, 0) is 7.05 Å². The lowest BCUT2D eigenvalue weighted by Crippen LogP contribution is -1.96. The van der Waals surface area contributed by atoms with Crippen LogP contribution in [-0.4, -0.2) is 9.78 Å². The van der Waals surface area contributed by atoms with Crippen LogP contribution < -0.4 is 5.73 Å². The van der Waals surface area contributed by atoms with Gasteiger partial charge in [-0.05, 0) is 25.5 Å². The van der Waals surface area contributed by atoms with Gasteiger partial charge in [-0.3, -0.25) is 4.68 Å². The van der Waals surface area contributed by atoms with Gasteiger partial charge in [0.1, 0.15) is 17.2 Å². The Hall–Kier alpha value is -2.23. The first-order valence-corrected chi connectivity index (χ1v) is 5.86.